The minimum Gasteiger partial charge on any atom is -0.457 e. The number of aryl methyl sites for hydroxylation is 1. The van der Waals surface area contributed by atoms with E-state index >= 15 is 0 Å². The molecule has 0 aliphatic carbocycles. The lowest BCUT2D eigenvalue weighted by atomic mass is 10.1. The summed E-state index contributed by atoms with van der Waals surface area (Å²) in [6.45, 7) is 4.49. The largest absolute Gasteiger partial charge is 0.457 e. The summed E-state index contributed by atoms with van der Waals surface area (Å²) in [6.07, 6.45) is 0. The molecule has 0 fully saturated rings. The van der Waals surface area contributed by atoms with E-state index in [0.717, 1.165) is 11.1 Å². The highest BCUT2D eigenvalue weighted by atomic mass is 19.1. The molecule has 0 aliphatic rings. The van der Waals surface area contributed by atoms with Crippen molar-refractivity contribution >= 4 is 5.91 Å². The van der Waals surface area contributed by atoms with Crippen molar-refractivity contribution in [2.45, 2.75) is 20.4 Å². The molecule has 0 radical (unpaired) electrons. The predicted octanol–water partition coefficient (Wildman–Crippen LogP) is 3.14. The SMILES string of the molecule is Cc1cc(CNC(=O)C(C)CN)ccc1Oc1ccc(F)cc1. The Morgan fingerprint density at radius 3 is 2.57 bits per heavy atom. The van der Waals surface area contributed by atoms with Crippen LogP contribution < -0.4 is 15.8 Å². The molecular formula is C18H21FN2O2. The lowest BCUT2D eigenvalue weighted by Crippen LogP contribution is -2.32. The van der Waals surface area contributed by atoms with Gasteiger partial charge in [-0.05, 0) is 48.4 Å². The Balaban J connectivity index is 2.00. The number of amides is 1. The summed E-state index contributed by atoms with van der Waals surface area (Å²) in [4.78, 5) is 11.7. The van der Waals surface area contributed by atoms with Crippen LogP contribution in [-0.4, -0.2) is 12.5 Å². The highest BCUT2D eigenvalue weighted by molar-refractivity contribution is 5.78. The van der Waals surface area contributed by atoms with Gasteiger partial charge in [0.1, 0.15) is 17.3 Å². The second-order valence-electron chi connectivity index (χ2n) is 5.51. The first-order valence-electron chi connectivity index (χ1n) is 7.50. The van der Waals surface area contributed by atoms with E-state index in [4.69, 9.17) is 10.5 Å². The van der Waals surface area contributed by atoms with E-state index in [0.29, 0.717) is 24.6 Å². The number of halogens is 1. The molecule has 2 rings (SSSR count). The smallest absolute Gasteiger partial charge is 0.224 e. The molecule has 1 atom stereocenters. The molecule has 4 nitrogen and oxygen atoms in total. The quantitative estimate of drug-likeness (QED) is 0.860. The van der Waals surface area contributed by atoms with Gasteiger partial charge < -0.3 is 15.8 Å². The zero-order valence-electron chi connectivity index (χ0n) is 13.3. The molecule has 0 spiro atoms. The lowest BCUT2D eigenvalue weighted by Gasteiger charge is -2.12. The molecule has 1 amide bonds. The number of carbonyl (C=O) groups excluding carboxylic acids is 1. The third-order valence-corrected chi connectivity index (χ3v) is 3.55. The van der Waals surface area contributed by atoms with Gasteiger partial charge in [-0.3, -0.25) is 4.79 Å². The molecule has 2 aromatic rings. The van der Waals surface area contributed by atoms with Crippen molar-refractivity contribution in [3.63, 3.8) is 0 Å². The van der Waals surface area contributed by atoms with E-state index in [1.165, 1.54) is 12.1 Å². The maximum Gasteiger partial charge on any atom is 0.224 e. The fraction of sp³-hybridized carbons (Fsp3) is 0.278. The monoisotopic (exact) mass is 316 g/mol. The summed E-state index contributed by atoms with van der Waals surface area (Å²) in [5.74, 6) is 0.718. The van der Waals surface area contributed by atoms with Crippen LogP contribution in [0.1, 0.15) is 18.1 Å². The molecule has 0 aliphatic heterocycles. The van der Waals surface area contributed by atoms with Gasteiger partial charge in [-0.1, -0.05) is 19.1 Å². The van der Waals surface area contributed by atoms with Crippen molar-refractivity contribution in [1.29, 1.82) is 0 Å². The summed E-state index contributed by atoms with van der Waals surface area (Å²) in [6, 6.07) is 11.5. The molecule has 0 heterocycles. The number of nitrogens with two attached hydrogens (primary N) is 1. The van der Waals surface area contributed by atoms with Crippen molar-refractivity contribution in [3.05, 3.63) is 59.4 Å². The van der Waals surface area contributed by atoms with Gasteiger partial charge in [0, 0.05) is 19.0 Å². The molecule has 0 saturated heterocycles. The van der Waals surface area contributed by atoms with Crippen LogP contribution in [0.15, 0.2) is 42.5 Å². The van der Waals surface area contributed by atoms with Gasteiger partial charge in [0.15, 0.2) is 0 Å². The summed E-state index contributed by atoms with van der Waals surface area (Å²) >= 11 is 0. The van der Waals surface area contributed by atoms with Crippen LogP contribution in [0.3, 0.4) is 0 Å². The minimum atomic E-state index is -0.299. The molecule has 122 valence electrons. The molecule has 0 saturated carbocycles. The van der Waals surface area contributed by atoms with E-state index in [2.05, 4.69) is 5.32 Å². The number of hydrogen-bond acceptors (Lipinski definition) is 3. The Hall–Kier alpha value is -2.40. The third-order valence-electron chi connectivity index (χ3n) is 3.55. The van der Waals surface area contributed by atoms with Gasteiger partial charge in [-0.15, -0.1) is 0 Å². The Morgan fingerprint density at radius 1 is 1.26 bits per heavy atom. The van der Waals surface area contributed by atoms with Gasteiger partial charge in [-0.25, -0.2) is 4.39 Å². The number of ether oxygens (including phenoxy) is 1. The van der Waals surface area contributed by atoms with Gasteiger partial charge in [0.2, 0.25) is 5.91 Å². The normalized spacial score (nSPS) is 11.8. The number of nitrogens with one attached hydrogen (secondary N) is 1. The van der Waals surface area contributed by atoms with Crippen molar-refractivity contribution in [2.75, 3.05) is 6.54 Å². The van der Waals surface area contributed by atoms with E-state index in [-0.39, 0.29) is 17.6 Å². The van der Waals surface area contributed by atoms with Crippen LogP contribution >= 0.6 is 0 Å². The van der Waals surface area contributed by atoms with Gasteiger partial charge >= 0.3 is 0 Å². The fourth-order valence-corrected chi connectivity index (χ4v) is 2.04. The molecule has 5 heteroatoms. The first kappa shape index (κ1) is 17.0. The number of rotatable bonds is 6. The highest BCUT2D eigenvalue weighted by Gasteiger charge is 2.10. The molecule has 1 unspecified atom stereocenters. The van der Waals surface area contributed by atoms with Crippen molar-refractivity contribution in [1.82, 2.24) is 5.32 Å². The Labute approximate surface area is 135 Å². The Morgan fingerprint density at radius 2 is 1.96 bits per heavy atom. The van der Waals surface area contributed by atoms with Crippen LogP contribution in [0.4, 0.5) is 4.39 Å². The van der Waals surface area contributed by atoms with Crippen molar-refractivity contribution in [3.8, 4) is 11.5 Å². The van der Waals surface area contributed by atoms with E-state index in [1.807, 2.05) is 25.1 Å². The summed E-state index contributed by atoms with van der Waals surface area (Å²) in [5.41, 5.74) is 7.38. The van der Waals surface area contributed by atoms with Gasteiger partial charge in [0.05, 0.1) is 0 Å². The minimum absolute atomic E-state index is 0.0585. The maximum atomic E-state index is 12.9. The molecule has 3 N–H and O–H groups in total. The summed E-state index contributed by atoms with van der Waals surface area (Å²) < 4.78 is 18.6. The van der Waals surface area contributed by atoms with Crippen molar-refractivity contribution < 1.29 is 13.9 Å². The van der Waals surface area contributed by atoms with Crippen molar-refractivity contribution in [2.24, 2.45) is 11.7 Å². The number of benzene rings is 2. The van der Waals surface area contributed by atoms with Crippen LogP contribution in [0.5, 0.6) is 11.5 Å². The van der Waals surface area contributed by atoms with Crippen LogP contribution in [-0.2, 0) is 11.3 Å². The third kappa shape index (κ3) is 4.79. The fourth-order valence-electron chi connectivity index (χ4n) is 2.04. The van der Waals surface area contributed by atoms with E-state index in [9.17, 15) is 9.18 Å². The number of hydrogen-bond donors (Lipinski definition) is 2. The highest BCUT2D eigenvalue weighted by Crippen LogP contribution is 2.25. The van der Waals surface area contributed by atoms with E-state index < -0.39 is 0 Å². The van der Waals surface area contributed by atoms with E-state index in [1.54, 1.807) is 19.1 Å². The second-order valence-corrected chi connectivity index (χ2v) is 5.51. The molecule has 23 heavy (non-hydrogen) atoms. The Bertz CT molecular complexity index is 671. The van der Waals surface area contributed by atoms with Gasteiger partial charge in [0.25, 0.3) is 0 Å². The summed E-state index contributed by atoms with van der Waals surface area (Å²) in [5, 5.41) is 2.85. The van der Waals surface area contributed by atoms with Crippen LogP contribution in [0.2, 0.25) is 0 Å². The first-order valence-corrected chi connectivity index (χ1v) is 7.50. The van der Waals surface area contributed by atoms with Crippen LogP contribution in [0.25, 0.3) is 0 Å². The van der Waals surface area contributed by atoms with Gasteiger partial charge in [-0.2, -0.15) is 0 Å². The summed E-state index contributed by atoms with van der Waals surface area (Å²) in [7, 11) is 0. The Kier molecular flexibility index (Phi) is 5.71. The lowest BCUT2D eigenvalue weighted by molar-refractivity contribution is -0.124. The molecular weight excluding hydrogens is 295 g/mol. The zero-order valence-corrected chi connectivity index (χ0v) is 13.3. The number of carbonyl (C=O) groups is 1. The maximum absolute atomic E-state index is 12.9. The second kappa shape index (κ2) is 7.74. The molecule has 0 aromatic heterocycles. The zero-order chi connectivity index (χ0) is 16.8. The molecule has 0 bridgehead atoms. The topological polar surface area (TPSA) is 64.4 Å². The average Bonchev–Trinajstić information content (AvgIpc) is 2.56. The molecule has 2 aromatic carbocycles. The average molecular weight is 316 g/mol. The predicted molar refractivity (Wildman–Crippen MR) is 87.7 cm³/mol. The standard InChI is InChI=1S/C18H21FN2O2/c1-12-9-14(11-21-18(22)13(2)10-20)3-8-17(12)23-16-6-4-15(19)5-7-16/h3-9,13H,10-11,20H2,1-2H3,(H,21,22). The van der Waals surface area contributed by atoms with Crippen LogP contribution in [0, 0.1) is 18.7 Å². The first-order chi connectivity index (χ1) is 11.0.